The summed E-state index contributed by atoms with van der Waals surface area (Å²) in [5.74, 6) is 0. The van der Waals surface area contributed by atoms with Gasteiger partial charge >= 0.3 is 0 Å². The molecule has 6 aromatic heterocycles. The van der Waals surface area contributed by atoms with Gasteiger partial charge in [0.25, 0.3) is 0 Å². The molecule has 0 unspecified atom stereocenters. The lowest BCUT2D eigenvalue weighted by Crippen LogP contribution is -2.10. The van der Waals surface area contributed by atoms with Crippen molar-refractivity contribution >= 4 is 54.4 Å². The average molecular weight is 495 g/mol. The normalized spacial score (nSPS) is 13.5. The maximum atomic E-state index is 4.49. The summed E-state index contributed by atoms with van der Waals surface area (Å²) in [7, 11) is 0. The molecule has 38 heavy (non-hydrogen) atoms. The number of rotatable bonds is 1. The second kappa shape index (κ2) is 6.82. The van der Waals surface area contributed by atoms with E-state index in [1.807, 2.05) is 24.8 Å². The Bertz CT molecular complexity index is 2040. The Kier molecular flexibility index (Phi) is 3.92. The molecule has 0 radical (unpaired) electrons. The van der Waals surface area contributed by atoms with Gasteiger partial charge in [-0.2, -0.15) is 0 Å². The summed E-state index contributed by atoms with van der Waals surface area (Å²) in [5, 5.41) is 7.60. The van der Waals surface area contributed by atoms with Crippen LogP contribution in [-0.2, 0) is 10.8 Å². The molecule has 0 fully saturated rings. The molecular formula is C34H30N4. The molecule has 8 rings (SSSR count). The third-order valence-corrected chi connectivity index (χ3v) is 8.44. The average Bonchev–Trinajstić information content (AvgIpc) is 3.62. The van der Waals surface area contributed by atoms with Gasteiger partial charge < -0.3 is 8.80 Å². The molecule has 0 atom stereocenters. The third-order valence-electron chi connectivity index (χ3n) is 8.44. The summed E-state index contributed by atoms with van der Waals surface area (Å²) >= 11 is 0. The Labute approximate surface area is 221 Å². The predicted molar refractivity (Wildman–Crippen MR) is 159 cm³/mol. The van der Waals surface area contributed by atoms with Gasteiger partial charge in [0.05, 0.1) is 22.1 Å². The second-order valence-corrected chi connectivity index (χ2v) is 13.0. The molecule has 0 aliphatic carbocycles. The molecule has 0 aliphatic heterocycles. The lowest BCUT2D eigenvalue weighted by atomic mass is 9.84. The van der Waals surface area contributed by atoms with E-state index in [0.717, 1.165) is 0 Å². The van der Waals surface area contributed by atoms with Gasteiger partial charge in [0.2, 0.25) is 0 Å². The highest BCUT2D eigenvalue weighted by Crippen LogP contribution is 2.45. The minimum atomic E-state index is 0.0309. The van der Waals surface area contributed by atoms with Crippen LogP contribution in [0.1, 0.15) is 52.7 Å². The zero-order valence-electron chi connectivity index (χ0n) is 22.7. The van der Waals surface area contributed by atoms with Crippen molar-refractivity contribution in [1.82, 2.24) is 18.8 Å². The van der Waals surface area contributed by atoms with E-state index in [4.69, 9.17) is 0 Å². The second-order valence-electron chi connectivity index (χ2n) is 13.0. The number of hydrogen-bond donors (Lipinski definition) is 0. The monoisotopic (exact) mass is 494 g/mol. The fourth-order valence-electron chi connectivity index (χ4n) is 6.65. The maximum absolute atomic E-state index is 4.49. The zero-order valence-corrected chi connectivity index (χ0v) is 22.7. The maximum Gasteiger partial charge on any atom is 0.0611 e. The summed E-state index contributed by atoms with van der Waals surface area (Å²) in [4.78, 5) is 8.98. The molecule has 4 heteroatoms. The van der Waals surface area contributed by atoms with Crippen LogP contribution in [0.25, 0.3) is 65.5 Å². The van der Waals surface area contributed by atoms with Gasteiger partial charge in [0.15, 0.2) is 0 Å². The third kappa shape index (κ3) is 2.70. The van der Waals surface area contributed by atoms with E-state index in [1.165, 1.54) is 76.6 Å². The SMILES string of the molecule is CC(C)(C)c1cn2c3ccncc3c3cc(-c4cc5c(C(C)(C)C)cn6c7ccncc7c(c4)c56)cc1c32. The van der Waals surface area contributed by atoms with Gasteiger partial charge in [-0.25, -0.2) is 0 Å². The Balaban J connectivity index is 1.53. The summed E-state index contributed by atoms with van der Waals surface area (Å²) in [5.41, 5.74) is 10.3. The van der Waals surface area contributed by atoms with Crippen LogP contribution in [0, 0.1) is 0 Å². The van der Waals surface area contributed by atoms with E-state index in [1.54, 1.807) is 0 Å². The van der Waals surface area contributed by atoms with Crippen LogP contribution in [0.2, 0.25) is 0 Å². The van der Waals surface area contributed by atoms with E-state index >= 15 is 0 Å². The minimum Gasteiger partial charge on any atom is -0.315 e. The molecule has 4 nitrogen and oxygen atoms in total. The number of hydrogen-bond acceptors (Lipinski definition) is 2. The Morgan fingerprint density at radius 2 is 0.921 bits per heavy atom. The molecule has 0 bridgehead atoms. The predicted octanol–water partition coefficient (Wildman–Crippen LogP) is 8.73. The van der Waals surface area contributed by atoms with Crippen molar-refractivity contribution < 1.29 is 0 Å². The number of benzene rings is 2. The van der Waals surface area contributed by atoms with Crippen LogP contribution >= 0.6 is 0 Å². The molecule has 0 aliphatic rings. The largest absolute Gasteiger partial charge is 0.315 e. The van der Waals surface area contributed by atoms with Crippen LogP contribution in [0.3, 0.4) is 0 Å². The Morgan fingerprint density at radius 3 is 1.32 bits per heavy atom. The van der Waals surface area contributed by atoms with Crippen LogP contribution in [0.4, 0.5) is 0 Å². The number of pyridine rings is 2. The van der Waals surface area contributed by atoms with Crippen molar-refractivity contribution in [2.24, 2.45) is 0 Å². The molecule has 2 aromatic carbocycles. The highest BCUT2D eigenvalue weighted by atomic mass is 14.9. The van der Waals surface area contributed by atoms with Gasteiger partial charge in [-0.1, -0.05) is 41.5 Å². The van der Waals surface area contributed by atoms with E-state index in [2.05, 4.69) is 109 Å². The van der Waals surface area contributed by atoms with Crippen molar-refractivity contribution in [3.05, 3.63) is 84.7 Å². The highest BCUT2D eigenvalue weighted by molar-refractivity contribution is 6.19. The molecule has 6 heterocycles. The van der Waals surface area contributed by atoms with Crippen molar-refractivity contribution in [2.75, 3.05) is 0 Å². The smallest absolute Gasteiger partial charge is 0.0611 e. The van der Waals surface area contributed by atoms with Gasteiger partial charge in [0.1, 0.15) is 0 Å². The molecule has 0 N–H and O–H groups in total. The van der Waals surface area contributed by atoms with Gasteiger partial charge in [-0.05, 0) is 69.5 Å². The quantitative estimate of drug-likeness (QED) is 0.229. The van der Waals surface area contributed by atoms with Gasteiger partial charge in [-0.3, -0.25) is 9.97 Å². The van der Waals surface area contributed by atoms with Gasteiger partial charge in [0, 0.05) is 69.5 Å². The first-order chi connectivity index (χ1) is 18.1. The van der Waals surface area contributed by atoms with Crippen LogP contribution in [0.15, 0.2) is 73.6 Å². The van der Waals surface area contributed by atoms with E-state index < -0.39 is 0 Å². The van der Waals surface area contributed by atoms with Gasteiger partial charge in [-0.15, -0.1) is 0 Å². The minimum absolute atomic E-state index is 0.0309. The summed E-state index contributed by atoms with van der Waals surface area (Å²) in [6, 6.07) is 13.8. The van der Waals surface area contributed by atoms with E-state index in [0.29, 0.717) is 0 Å². The zero-order chi connectivity index (χ0) is 26.1. The number of aromatic nitrogens is 4. The Hall–Kier alpha value is -4.18. The van der Waals surface area contributed by atoms with Crippen molar-refractivity contribution in [1.29, 1.82) is 0 Å². The number of fused-ring (bicyclic) bond motifs is 6. The number of nitrogens with zero attached hydrogens (tertiary/aromatic N) is 4. The fourth-order valence-corrected chi connectivity index (χ4v) is 6.65. The first-order valence-corrected chi connectivity index (χ1v) is 13.4. The molecular weight excluding hydrogens is 464 g/mol. The molecule has 186 valence electrons. The van der Waals surface area contributed by atoms with Crippen LogP contribution < -0.4 is 0 Å². The van der Waals surface area contributed by atoms with Crippen molar-refractivity contribution in [3.8, 4) is 11.1 Å². The standard InChI is InChI=1S/C34H30N4/c1-33(2,3)27-17-37-29-7-9-35-15-25(29)21-11-19(13-23(27)31(21)37)20-12-22-26-16-36-10-8-30(26)38-18-28(34(4,5)6)24(14-20)32(22)38/h7-18H,1-6H3. The molecule has 0 spiro atoms. The van der Waals surface area contributed by atoms with E-state index in [-0.39, 0.29) is 10.8 Å². The molecule has 0 saturated heterocycles. The molecule has 8 aromatic rings. The summed E-state index contributed by atoms with van der Waals surface area (Å²) < 4.78 is 4.74. The lowest BCUT2D eigenvalue weighted by molar-refractivity contribution is 0.595. The lowest BCUT2D eigenvalue weighted by Gasteiger charge is -2.19. The van der Waals surface area contributed by atoms with Crippen LogP contribution in [0.5, 0.6) is 0 Å². The molecule has 0 saturated carbocycles. The Morgan fingerprint density at radius 1 is 0.526 bits per heavy atom. The molecule has 0 amide bonds. The summed E-state index contributed by atoms with van der Waals surface area (Å²) in [6.45, 7) is 13.8. The fraction of sp³-hybridized carbons (Fsp3) is 0.235. The first-order valence-electron chi connectivity index (χ1n) is 13.4. The van der Waals surface area contributed by atoms with Crippen LogP contribution in [-0.4, -0.2) is 18.8 Å². The van der Waals surface area contributed by atoms with Crippen molar-refractivity contribution in [2.45, 2.75) is 52.4 Å². The van der Waals surface area contributed by atoms with E-state index in [9.17, 15) is 0 Å². The highest BCUT2D eigenvalue weighted by Gasteiger charge is 2.26. The topological polar surface area (TPSA) is 34.6 Å². The summed E-state index contributed by atoms with van der Waals surface area (Å²) in [6.07, 6.45) is 12.5. The van der Waals surface area contributed by atoms with Crippen molar-refractivity contribution in [3.63, 3.8) is 0 Å². The first kappa shape index (κ1) is 21.9.